The van der Waals surface area contributed by atoms with E-state index in [2.05, 4.69) is 16.6 Å². The fourth-order valence-electron chi connectivity index (χ4n) is 1.40. The van der Waals surface area contributed by atoms with Gasteiger partial charge in [0.05, 0.1) is 5.71 Å². The standard InChI is InChI=1S/C8H9NOS/c10-9-7-1-2-8-6(5-7)3-4-11-8/h3-4,10H,1-2,5H2/b9-7+. The van der Waals surface area contributed by atoms with Crippen molar-refractivity contribution in [3.8, 4) is 0 Å². The molecule has 0 spiro atoms. The van der Waals surface area contributed by atoms with Crippen LogP contribution in [0.1, 0.15) is 16.9 Å². The number of rotatable bonds is 0. The molecule has 2 nitrogen and oxygen atoms in total. The summed E-state index contributed by atoms with van der Waals surface area (Å²) in [6.45, 7) is 0. The Morgan fingerprint density at radius 1 is 1.45 bits per heavy atom. The molecule has 0 saturated heterocycles. The van der Waals surface area contributed by atoms with E-state index in [9.17, 15) is 0 Å². The van der Waals surface area contributed by atoms with Crippen molar-refractivity contribution in [2.24, 2.45) is 5.16 Å². The molecule has 1 aliphatic carbocycles. The zero-order chi connectivity index (χ0) is 7.68. The van der Waals surface area contributed by atoms with Gasteiger partial charge in [-0.3, -0.25) is 0 Å². The second-order valence-corrected chi connectivity index (χ2v) is 3.71. The molecule has 11 heavy (non-hydrogen) atoms. The molecule has 1 aromatic rings. The van der Waals surface area contributed by atoms with E-state index < -0.39 is 0 Å². The number of hydrogen-bond acceptors (Lipinski definition) is 3. The van der Waals surface area contributed by atoms with Crippen LogP contribution in [-0.4, -0.2) is 10.9 Å². The third-order valence-electron chi connectivity index (χ3n) is 2.01. The van der Waals surface area contributed by atoms with E-state index in [1.54, 1.807) is 11.3 Å². The van der Waals surface area contributed by atoms with Crippen LogP contribution in [-0.2, 0) is 12.8 Å². The highest BCUT2D eigenvalue weighted by molar-refractivity contribution is 7.10. The first-order valence-corrected chi connectivity index (χ1v) is 4.53. The molecule has 58 valence electrons. The van der Waals surface area contributed by atoms with Gasteiger partial charge in [-0.1, -0.05) is 5.16 Å². The largest absolute Gasteiger partial charge is 0.411 e. The lowest BCUT2D eigenvalue weighted by atomic mass is 9.98. The number of hydrogen-bond donors (Lipinski definition) is 1. The van der Waals surface area contributed by atoms with Gasteiger partial charge >= 0.3 is 0 Å². The Bertz CT molecular complexity index is 290. The zero-order valence-corrected chi connectivity index (χ0v) is 6.90. The lowest BCUT2D eigenvalue weighted by Gasteiger charge is -2.11. The second-order valence-electron chi connectivity index (χ2n) is 2.71. The quantitative estimate of drug-likeness (QED) is 0.465. The van der Waals surface area contributed by atoms with Gasteiger partial charge in [-0.25, -0.2) is 0 Å². The van der Waals surface area contributed by atoms with Gasteiger partial charge in [0.2, 0.25) is 0 Å². The van der Waals surface area contributed by atoms with Crippen LogP contribution in [0.3, 0.4) is 0 Å². The molecule has 1 aromatic heterocycles. The Hall–Kier alpha value is -0.830. The van der Waals surface area contributed by atoms with Crippen molar-refractivity contribution in [2.45, 2.75) is 19.3 Å². The summed E-state index contributed by atoms with van der Waals surface area (Å²) in [6.07, 6.45) is 2.81. The SMILES string of the molecule is O/N=C1\CCc2sccc2C1. The number of thiophene rings is 1. The highest BCUT2D eigenvalue weighted by atomic mass is 32.1. The topological polar surface area (TPSA) is 32.6 Å². The monoisotopic (exact) mass is 167 g/mol. The van der Waals surface area contributed by atoms with E-state index in [1.807, 2.05) is 0 Å². The molecule has 0 unspecified atom stereocenters. The molecule has 0 radical (unpaired) electrons. The van der Waals surface area contributed by atoms with Crippen molar-refractivity contribution in [1.82, 2.24) is 0 Å². The summed E-state index contributed by atoms with van der Waals surface area (Å²) in [6, 6.07) is 2.12. The van der Waals surface area contributed by atoms with E-state index >= 15 is 0 Å². The minimum Gasteiger partial charge on any atom is -0.411 e. The van der Waals surface area contributed by atoms with Gasteiger partial charge in [-0.2, -0.15) is 0 Å². The predicted octanol–water partition coefficient (Wildman–Crippen LogP) is 2.07. The van der Waals surface area contributed by atoms with E-state index in [4.69, 9.17) is 5.21 Å². The summed E-state index contributed by atoms with van der Waals surface area (Å²) >= 11 is 1.80. The van der Waals surface area contributed by atoms with Crippen molar-refractivity contribution in [2.75, 3.05) is 0 Å². The van der Waals surface area contributed by atoms with Crippen LogP contribution in [0.25, 0.3) is 0 Å². The van der Waals surface area contributed by atoms with Crippen LogP contribution in [0, 0.1) is 0 Å². The van der Waals surface area contributed by atoms with Gasteiger partial charge < -0.3 is 5.21 Å². The van der Waals surface area contributed by atoms with Gasteiger partial charge in [0.15, 0.2) is 0 Å². The fourth-order valence-corrected chi connectivity index (χ4v) is 2.30. The predicted molar refractivity (Wildman–Crippen MR) is 45.6 cm³/mol. The minimum absolute atomic E-state index is 0.843. The highest BCUT2D eigenvalue weighted by Gasteiger charge is 2.14. The number of fused-ring (bicyclic) bond motifs is 1. The smallest absolute Gasteiger partial charge is 0.0618 e. The third-order valence-corrected chi connectivity index (χ3v) is 3.04. The van der Waals surface area contributed by atoms with Crippen LogP contribution in [0.5, 0.6) is 0 Å². The van der Waals surface area contributed by atoms with E-state index in [0.29, 0.717) is 0 Å². The maximum Gasteiger partial charge on any atom is 0.0618 e. The van der Waals surface area contributed by atoms with E-state index in [0.717, 1.165) is 25.0 Å². The molecule has 2 rings (SSSR count). The molecule has 0 aromatic carbocycles. The Morgan fingerprint density at radius 3 is 3.18 bits per heavy atom. The molecule has 1 N–H and O–H groups in total. The van der Waals surface area contributed by atoms with Gasteiger partial charge in [0.25, 0.3) is 0 Å². The minimum atomic E-state index is 0.843. The van der Waals surface area contributed by atoms with Crippen LogP contribution >= 0.6 is 11.3 Å². The lowest BCUT2D eigenvalue weighted by molar-refractivity contribution is 0.316. The molecule has 0 fully saturated rings. The van der Waals surface area contributed by atoms with Gasteiger partial charge in [0.1, 0.15) is 0 Å². The molecule has 0 bridgehead atoms. The first-order chi connectivity index (χ1) is 5.40. The Kier molecular flexibility index (Phi) is 1.66. The van der Waals surface area contributed by atoms with Crippen molar-refractivity contribution in [3.63, 3.8) is 0 Å². The Morgan fingerprint density at radius 2 is 2.36 bits per heavy atom. The lowest BCUT2D eigenvalue weighted by Crippen LogP contribution is -2.11. The van der Waals surface area contributed by atoms with Crippen molar-refractivity contribution >= 4 is 17.0 Å². The van der Waals surface area contributed by atoms with Crippen LogP contribution in [0.4, 0.5) is 0 Å². The summed E-state index contributed by atoms with van der Waals surface area (Å²) in [7, 11) is 0. The van der Waals surface area contributed by atoms with E-state index in [-0.39, 0.29) is 0 Å². The van der Waals surface area contributed by atoms with Crippen molar-refractivity contribution in [1.29, 1.82) is 0 Å². The molecular formula is C8H9NOS. The maximum atomic E-state index is 8.55. The molecule has 1 aliphatic rings. The number of aryl methyl sites for hydroxylation is 1. The summed E-state index contributed by atoms with van der Waals surface area (Å²) in [5.41, 5.74) is 2.25. The van der Waals surface area contributed by atoms with Crippen LogP contribution in [0.15, 0.2) is 16.6 Å². The zero-order valence-electron chi connectivity index (χ0n) is 6.08. The Balaban J connectivity index is 2.31. The molecule has 0 saturated carbocycles. The molecule has 0 amide bonds. The highest BCUT2D eigenvalue weighted by Crippen LogP contribution is 2.24. The molecule has 0 atom stereocenters. The maximum absolute atomic E-state index is 8.55. The summed E-state index contributed by atoms with van der Waals surface area (Å²) in [5, 5.41) is 13.9. The first kappa shape index (κ1) is 6.85. The molecule has 1 heterocycles. The average Bonchev–Trinajstić information content (AvgIpc) is 2.50. The number of oxime groups is 1. The molecular weight excluding hydrogens is 158 g/mol. The van der Waals surface area contributed by atoms with Crippen LogP contribution < -0.4 is 0 Å². The third kappa shape index (κ3) is 1.16. The average molecular weight is 167 g/mol. The summed E-state index contributed by atoms with van der Waals surface area (Å²) in [5.74, 6) is 0. The second kappa shape index (κ2) is 2.66. The summed E-state index contributed by atoms with van der Waals surface area (Å²) in [4.78, 5) is 1.46. The summed E-state index contributed by atoms with van der Waals surface area (Å²) < 4.78 is 0. The first-order valence-electron chi connectivity index (χ1n) is 3.65. The molecule has 3 heteroatoms. The van der Waals surface area contributed by atoms with Crippen molar-refractivity contribution in [3.05, 3.63) is 21.9 Å². The van der Waals surface area contributed by atoms with Gasteiger partial charge in [0, 0.05) is 11.3 Å². The number of nitrogens with zero attached hydrogens (tertiary/aromatic N) is 1. The Labute approximate surface area is 69.2 Å². The molecule has 0 aliphatic heterocycles. The van der Waals surface area contributed by atoms with Crippen molar-refractivity contribution < 1.29 is 5.21 Å². The van der Waals surface area contributed by atoms with E-state index in [1.165, 1.54) is 10.4 Å². The fraction of sp³-hybridized carbons (Fsp3) is 0.375. The normalized spacial score (nSPS) is 20.2. The van der Waals surface area contributed by atoms with Gasteiger partial charge in [-0.15, -0.1) is 11.3 Å². The van der Waals surface area contributed by atoms with Gasteiger partial charge in [-0.05, 0) is 29.9 Å². The van der Waals surface area contributed by atoms with Crippen LogP contribution in [0.2, 0.25) is 0 Å².